The van der Waals surface area contributed by atoms with Gasteiger partial charge >= 0.3 is 0 Å². The number of rotatable bonds is 0. The highest BCUT2D eigenvalue weighted by Gasteiger charge is 1.96. The van der Waals surface area contributed by atoms with Crippen LogP contribution in [0.15, 0.2) is 181 Å². The first kappa shape index (κ1) is 66.4. The van der Waals surface area contributed by atoms with E-state index < -0.39 is 0 Å². The lowest BCUT2D eigenvalue weighted by atomic mass is 10.3. The highest BCUT2D eigenvalue weighted by molar-refractivity contribution is 7.10. The second-order valence-corrected chi connectivity index (χ2v) is 21.4. The highest BCUT2D eigenvalue weighted by Crippen LogP contribution is 2.16. The lowest BCUT2D eigenvalue weighted by molar-refractivity contribution is 0.502. The standard InChI is InChI=1S/C7H10O.2C6H8O.2C6H8S.2C5H5ClO.2C5H6O.2C5H6S/c1-5-4-6(2)8-7(5)3;4*1-5-3-4-7-6(5)2;1-4-5(6)2-3-7-4;1-4-2-3-7-5(4)6;1-5-2-3-6-4-5;1-5-3-2-4-6-5;1-5-2-3-6-4-5;1-5-3-2-4-6-5/h4H,1-3H3;4*3-4H,1-2H3;2*2-3H,1H3;4*2-4H,1H3. The maximum Gasteiger partial charge on any atom is 0.195 e. The highest BCUT2D eigenvalue weighted by atomic mass is 35.5. The van der Waals surface area contributed by atoms with E-state index in [1.54, 1.807) is 95.3 Å². The zero-order valence-corrected chi connectivity index (χ0v) is 51.0. The summed E-state index contributed by atoms with van der Waals surface area (Å²) in [5.74, 6) is 5.80. The molecule has 0 saturated carbocycles. The van der Waals surface area contributed by atoms with Gasteiger partial charge in [-0.3, -0.25) is 0 Å². The summed E-state index contributed by atoms with van der Waals surface area (Å²) in [5, 5.41) is 11.7. The lowest BCUT2D eigenvalue weighted by Crippen LogP contribution is -1.63. The van der Waals surface area contributed by atoms with Crippen LogP contribution in [0.1, 0.15) is 93.7 Å². The van der Waals surface area contributed by atoms with Crippen molar-refractivity contribution in [1.82, 2.24) is 0 Å². The van der Waals surface area contributed by atoms with E-state index in [0.29, 0.717) is 10.2 Å². The normalized spacial score (nSPS) is 9.28. The molecule has 0 N–H and O–H groups in total. The summed E-state index contributed by atoms with van der Waals surface area (Å²) < 4.78 is 34.3. The van der Waals surface area contributed by atoms with Crippen molar-refractivity contribution in [3.8, 4) is 0 Å². The quantitative estimate of drug-likeness (QED) is 0.149. The first-order valence-electron chi connectivity index (χ1n) is 23.5. The molecule has 0 fully saturated rings. The van der Waals surface area contributed by atoms with Crippen molar-refractivity contribution in [2.45, 2.75) is 118 Å². The van der Waals surface area contributed by atoms with Gasteiger partial charge in [0.05, 0.1) is 48.9 Å². The topological polar surface area (TPSA) is 92.0 Å². The van der Waals surface area contributed by atoms with Crippen LogP contribution in [0.25, 0.3) is 0 Å². The number of furan rings is 7. The van der Waals surface area contributed by atoms with Crippen LogP contribution in [0.4, 0.5) is 0 Å². The number of hydrogen-bond donors (Lipinski definition) is 0. The molecule has 11 aromatic heterocycles. The second-order valence-electron chi connectivity index (χ2n) is 16.5. The average molecular weight is 1120 g/mol. The maximum atomic E-state index is 5.53. The van der Waals surface area contributed by atoms with Crippen molar-refractivity contribution in [2.75, 3.05) is 0 Å². The molecular formula is C61H76Cl2O7S4. The molecule has 0 aromatic carbocycles. The fourth-order valence-electron chi connectivity index (χ4n) is 4.66. The number of thiophene rings is 4. The molecule has 11 rings (SSSR count). The Kier molecular flexibility index (Phi) is 34.8. The zero-order valence-electron chi connectivity index (χ0n) is 46.2. The molecule has 0 unspecified atom stereocenters. The summed E-state index contributed by atoms with van der Waals surface area (Å²) in [6.45, 7) is 34.3. The van der Waals surface area contributed by atoms with Gasteiger partial charge < -0.3 is 30.9 Å². The van der Waals surface area contributed by atoms with E-state index >= 15 is 0 Å². The van der Waals surface area contributed by atoms with E-state index in [1.807, 2.05) is 119 Å². The molecule has 11 aromatic rings. The molecule has 0 amide bonds. The summed E-state index contributed by atoms with van der Waals surface area (Å²) in [4.78, 5) is 4.25. The van der Waals surface area contributed by atoms with Crippen LogP contribution < -0.4 is 0 Å². The summed E-state index contributed by atoms with van der Waals surface area (Å²) in [5.41, 5.74) is 10.0. The third-order valence-electron chi connectivity index (χ3n) is 10.0. The van der Waals surface area contributed by atoms with Gasteiger partial charge in [0.1, 0.15) is 34.6 Å². The van der Waals surface area contributed by atoms with E-state index in [1.165, 1.54) is 53.6 Å². The summed E-state index contributed by atoms with van der Waals surface area (Å²) in [6, 6.07) is 25.7. The molecule has 0 aliphatic carbocycles. The Bertz CT molecular complexity index is 2400. The van der Waals surface area contributed by atoms with Crippen molar-refractivity contribution in [2.24, 2.45) is 0 Å². The van der Waals surface area contributed by atoms with Crippen molar-refractivity contribution in [3.05, 3.63) is 254 Å². The van der Waals surface area contributed by atoms with Gasteiger partial charge in [0.25, 0.3) is 0 Å². The van der Waals surface area contributed by atoms with E-state index in [2.05, 4.69) is 98.8 Å². The van der Waals surface area contributed by atoms with Crippen molar-refractivity contribution in [3.63, 3.8) is 0 Å². The largest absolute Gasteiger partial charge is 0.472 e. The van der Waals surface area contributed by atoms with Crippen molar-refractivity contribution < 1.29 is 30.9 Å². The van der Waals surface area contributed by atoms with Crippen LogP contribution in [-0.4, -0.2) is 0 Å². The van der Waals surface area contributed by atoms with E-state index in [-0.39, 0.29) is 0 Å². The van der Waals surface area contributed by atoms with E-state index in [9.17, 15) is 0 Å². The summed E-state index contributed by atoms with van der Waals surface area (Å²) in [7, 11) is 0. The Morgan fingerprint density at radius 1 is 0.378 bits per heavy atom. The van der Waals surface area contributed by atoms with Crippen molar-refractivity contribution in [1.29, 1.82) is 0 Å². The minimum Gasteiger partial charge on any atom is -0.472 e. The van der Waals surface area contributed by atoms with Crippen LogP contribution in [-0.2, 0) is 0 Å². The van der Waals surface area contributed by atoms with Gasteiger partial charge in [-0.2, -0.15) is 11.3 Å². The number of hydrogen-bond acceptors (Lipinski definition) is 11. The second kappa shape index (κ2) is 38.9. The van der Waals surface area contributed by atoms with E-state index in [4.69, 9.17) is 54.1 Å². The van der Waals surface area contributed by atoms with Gasteiger partial charge in [0, 0.05) is 20.2 Å². The third-order valence-corrected chi connectivity index (χ3v) is 14.3. The molecule has 74 heavy (non-hydrogen) atoms. The molecule has 0 bridgehead atoms. The molecule has 0 saturated heterocycles. The Morgan fingerprint density at radius 3 is 1.05 bits per heavy atom. The summed E-state index contributed by atoms with van der Waals surface area (Å²) in [6.07, 6.45) is 11.6. The first-order valence-corrected chi connectivity index (χ1v) is 27.9. The molecule has 0 radical (unpaired) electrons. The van der Waals surface area contributed by atoms with Crippen LogP contribution in [0.5, 0.6) is 0 Å². The molecule has 0 atom stereocenters. The Labute approximate surface area is 467 Å². The zero-order chi connectivity index (χ0) is 55.4. The minimum atomic E-state index is 0.486. The fraction of sp³-hybridized carbons (Fsp3) is 0.279. The molecular weight excluding hydrogens is 1040 g/mol. The summed E-state index contributed by atoms with van der Waals surface area (Å²) >= 11 is 18.1. The van der Waals surface area contributed by atoms with Crippen LogP contribution in [0.2, 0.25) is 10.2 Å². The molecule has 13 heteroatoms. The van der Waals surface area contributed by atoms with Gasteiger partial charge in [-0.15, -0.1) is 34.0 Å². The van der Waals surface area contributed by atoms with Gasteiger partial charge in [-0.05, 0) is 268 Å². The molecule has 0 aliphatic rings. The minimum absolute atomic E-state index is 0.486. The molecule has 0 aliphatic heterocycles. The van der Waals surface area contributed by atoms with Gasteiger partial charge in [0.2, 0.25) is 0 Å². The van der Waals surface area contributed by atoms with Crippen molar-refractivity contribution >= 4 is 68.5 Å². The first-order chi connectivity index (χ1) is 35.1. The fourth-order valence-corrected chi connectivity index (χ4v) is 7.53. The molecule has 11 heterocycles. The molecule has 0 spiro atoms. The predicted molar refractivity (Wildman–Crippen MR) is 319 cm³/mol. The SMILES string of the molecule is Cc1cc(C)c(C)o1.Cc1ccco1.Cc1cccs1.Cc1ccoc1.Cc1ccoc1C.Cc1ccoc1C.Cc1ccoc1Cl.Cc1ccsc1.Cc1ccsc1C.Cc1ccsc1C.Cc1occc1Cl. The molecule has 400 valence electrons. The Balaban J connectivity index is 0.000000407. The number of aryl methyl sites for hydroxylation is 17. The van der Waals surface area contributed by atoms with Gasteiger partial charge in [-0.1, -0.05) is 17.7 Å². The third kappa shape index (κ3) is 31.8. The van der Waals surface area contributed by atoms with Crippen LogP contribution >= 0.6 is 68.5 Å². The maximum absolute atomic E-state index is 5.53. The lowest BCUT2D eigenvalue weighted by Gasteiger charge is -1.80. The smallest absolute Gasteiger partial charge is 0.195 e. The Hall–Kier alpha value is -5.66. The van der Waals surface area contributed by atoms with Gasteiger partial charge in [0.15, 0.2) is 5.22 Å². The predicted octanol–water partition coefficient (Wildman–Crippen LogP) is 22.5. The van der Waals surface area contributed by atoms with Gasteiger partial charge in [-0.25, -0.2) is 0 Å². The molecule has 7 nitrogen and oxygen atoms in total. The average Bonchev–Trinajstić information content (AvgIpc) is 4.18. The monoisotopic (exact) mass is 1120 g/mol. The van der Waals surface area contributed by atoms with Crippen LogP contribution in [0.3, 0.4) is 0 Å². The Morgan fingerprint density at radius 2 is 0.932 bits per heavy atom. The van der Waals surface area contributed by atoms with Crippen LogP contribution in [0, 0.1) is 118 Å². The van der Waals surface area contributed by atoms with E-state index in [0.717, 1.165) is 40.1 Å². The number of halogens is 2.